The number of halogens is 1. The Kier molecular flexibility index (Phi) is 11.2. The molecule has 0 atom stereocenters. The van der Waals surface area contributed by atoms with Crippen LogP contribution >= 0.6 is 24.0 Å². The van der Waals surface area contributed by atoms with E-state index in [1.54, 1.807) is 14.2 Å². The highest BCUT2D eigenvalue weighted by Crippen LogP contribution is 2.33. The zero-order chi connectivity index (χ0) is 21.3. The van der Waals surface area contributed by atoms with Crippen LogP contribution in [-0.2, 0) is 17.7 Å². The second kappa shape index (κ2) is 13.3. The minimum absolute atomic E-state index is 0. The zero-order valence-corrected chi connectivity index (χ0v) is 21.8. The van der Waals surface area contributed by atoms with E-state index in [1.165, 1.54) is 30.4 Å². The lowest BCUT2D eigenvalue weighted by atomic mass is 9.96. The summed E-state index contributed by atoms with van der Waals surface area (Å²) in [6.07, 6.45) is 4.62. The molecule has 0 radical (unpaired) electrons. The van der Waals surface area contributed by atoms with Crippen molar-refractivity contribution < 1.29 is 14.2 Å². The van der Waals surface area contributed by atoms with E-state index in [-0.39, 0.29) is 24.0 Å². The average Bonchev–Trinajstić information content (AvgIpc) is 2.79. The smallest absolute Gasteiger partial charge is 0.193 e. The number of benzene rings is 1. The lowest BCUT2D eigenvalue weighted by Gasteiger charge is -2.30. The highest BCUT2D eigenvalue weighted by atomic mass is 127. The quantitative estimate of drug-likeness (QED) is 0.308. The number of ether oxygens (including phenoxy) is 3. The number of guanidine groups is 1. The van der Waals surface area contributed by atoms with Crippen LogP contribution in [0.15, 0.2) is 17.1 Å². The third-order valence-corrected chi connectivity index (χ3v) is 6.30. The molecule has 2 aliphatic heterocycles. The van der Waals surface area contributed by atoms with Gasteiger partial charge in [-0.05, 0) is 54.9 Å². The molecule has 1 N–H and O–H groups in total. The van der Waals surface area contributed by atoms with Crippen molar-refractivity contribution in [1.82, 2.24) is 15.1 Å². The molecule has 0 unspecified atom stereocenters. The molecule has 3 rings (SSSR count). The second-order valence-corrected chi connectivity index (χ2v) is 8.24. The van der Waals surface area contributed by atoms with Crippen molar-refractivity contribution in [3.05, 3.63) is 23.3 Å². The van der Waals surface area contributed by atoms with E-state index in [9.17, 15) is 0 Å². The van der Waals surface area contributed by atoms with Crippen LogP contribution in [-0.4, -0.2) is 83.5 Å². The highest BCUT2D eigenvalue weighted by Gasteiger charge is 2.20. The predicted octanol–water partition coefficient (Wildman–Crippen LogP) is 3.00. The maximum Gasteiger partial charge on any atom is 0.193 e. The molecule has 0 aromatic heterocycles. The molecular formula is C23H39IN4O3. The fourth-order valence-corrected chi connectivity index (χ4v) is 4.36. The van der Waals surface area contributed by atoms with Crippen LogP contribution in [0.4, 0.5) is 0 Å². The number of fused-ring (bicyclic) bond motifs is 1. The van der Waals surface area contributed by atoms with Crippen molar-refractivity contribution in [2.24, 2.45) is 10.9 Å². The SMILES string of the molecule is CN=C(NCCN1CCc2cc(OC)c(OC)cc2C1)N(C)CCC1CCOCC1.I. The Hall–Kier alpha value is -1.26. The van der Waals surface area contributed by atoms with Gasteiger partial charge >= 0.3 is 0 Å². The summed E-state index contributed by atoms with van der Waals surface area (Å²) in [5.41, 5.74) is 2.69. The maximum absolute atomic E-state index is 5.47. The van der Waals surface area contributed by atoms with Crippen molar-refractivity contribution in [1.29, 1.82) is 0 Å². The van der Waals surface area contributed by atoms with Gasteiger partial charge in [0.1, 0.15) is 0 Å². The molecule has 176 valence electrons. The summed E-state index contributed by atoms with van der Waals surface area (Å²) < 4.78 is 16.4. The summed E-state index contributed by atoms with van der Waals surface area (Å²) in [7, 11) is 7.38. The van der Waals surface area contributed by atoms with E-state index in [4.69, 9.17) is 14.2 Å². The van der Waals surface area contributed by atoms with E-state index in [0.717, 1.165) is 75.7 Å². The molecule has 2 heterocycles. The van der Waals surface area contributed by atoms with Gasteiger partial charge in [-0.15, -0.1) is 24.0 Å². The van der Waals surface area contributed by atoms with Gasteiger partial charge in [0, 0.05) is 60.0 Å². The van der Waals surface area contributed by atoms with Gasteiger partial charge < -0.3 is 24.4 Å². The van der Waals surface area contributed by atoms with Gasteiger partial charge in [0.2, 0.25) is 0 Å². The Bertz CT molecular complexity index is 710. The van der Waals surface area contributed by atoms with Crippen LogP contribution in [0.25, 0.3) is 0 Å². The molecule has 1 fully saturated rings. The first-order valence-electron chi connectivity index (χ1n) is 11.1. The van der Waals surface area contributed by atoms with Crippen molar-refractivity contribution in [3.63, 3.8) is 0 Å². The summed E-state index contributed by atoms with van der Waals surface area (Å²) >= 11 is 0. The van der Waals surface area contributed by atoms with Crippen molar-refractivity contribution in [2.75, 3.05) is 67.7 Å². The molecule has 0 amide bonds. The van der Waals surface area contributed by atoms with E-state index >= 15 is 0 Å². The Labute approximate surface area is 204 Å². The molecule has 0 bridgehead atoms. The van der Waals surface area contributed by atoms with E-state index in [0.29, 0.717) is 0 Å². The number of methoxy groups -OCH3 is 2. The first-order chi connectivity index (χ1) is 14.6. The molecule has 0 aliphatic carbocycles. The van der Waals surface area contributed by atoms with Crippen LogP contribution in [0.5, 0.6) is 11.5 Å². The van der Waals surface area contributed by atoms with Crippen molar-refractivity contribution in [3.8, 4) is 11.5 Å². The van der Waals surface area contributed by atoms with Gasteiger partial charge in [-0.2, -0.15) is 0 Å². The number of hydrogen-bond acceptors (Lipinski definition) is 5. The summed E-state index contributed by atoms with van der Waals surface area (Å²) in [5, 5.41) is 3.53. The molecule has 8 heteroatoms. The van der Waals surface area contributed by atoms with E-state index in [2.05, 4.69) is 39.3 Å². The largest absolute Gasteiger partial charge is 0.493 e. The third kappa shape index (κ3) is 7.39. The minimum Gasteiger partial charge on any atom is -0.493 e. The Morgan fingerprint density at radius 3 is 2.52 bits per heavy atom. The molecule has 31 heavy (non-hydrogen) atoms. The molecule has 0 spiro atoms. The topological polar surface area (TPSA) is 58.6 Å². The Morgan fingerprint density at radius 1 is 1.19 bits per heavy atom. The fraction of sp³-hybridized carbons (Fsp3) is 0.696. The van der Waals surface area contributed by atoms with Crippen LogP contribution < -0.4 is 14.8 Å². The standard InChI is InChI=1S/C23H38N4O3.HI/c1-24-23(26(2)10-5-18-7-13-30-14-8-18)25-9-12-27-11-6-19-15-21(28-3)22(29-4)16-20(19)17-27;/h15-16,18H,5-14,17H2,1-4H3,(H,24,25);1H. The van der Waals surface area contributed by atoms with Crippen LogP contribution in [0.3, 0.4) is 0 Å². The molecule has 1 aromatic rings. The first-order valence-corrected chi connectivity index (χ1v) is 11.1. The molecule has 7 nitrogen and oxygen atoms in total. The van der Waals surface area contributed by atoms with Gasteiger partial charge in [-0.3, -0.25) is 9.89 Å². The maximum atomic E-state index is 5.47. The van der Waals surface area contributed by atoms with Crippen LogP contribution in [0.1, 0.15) is 30.4 Å². The molecule has 1 saturated heterocycles. The van der Waals surface area contributed by atoms with Crippen molar-refractivity contribution >= 4 is 29.9 Å². The predicted molar refractivity (Wildman–Crippen MR) is 136 cm³/mol. The minimum atomic E-state index is 0. The zero-order valence-electron chi connectivity index (χ0n) is 19.5. The van der Waals surface area contributed by atoms with Gasteiger partial charge in [-0.25, -0.2) is 0 Å². The van der Waals surface area contributed by atoms with Crippen molar-refractivity contribution in [2.45, 2.75) is 32.2 Å². The first kappa shape index (κ1) is 26.0. The molecule has 1 aromatic carbocycles. The summed E-state index contributed by atoms with van der Waals surface area (Å²) in [6.45, 7) is 6.73. The van der Waals surface area contributed by atoms with Crippen LogP contribution in [0.2, 0.25) is 0 Å². The monoisotopic (exact) mass is 546 g/mol. The second-order valence-electron chi connectivity index (χ2n) is 8.24. The summed E-state index contributed by atoms with van der Waals surface area (Å²) in [4.78, 5) is 9.20. The van der Waals surface area contributed by atoms with Gasteiger partial charge in [0.05, 0.1) is 14.2 Å². The Balaban J connectivity index is 0.00000341. The Morgan fingerprint density at radius 2 is 1.87 bits per heavy atom. The highest BCUT2D eigenvalue weighted by molar-refractivity contribution is 14.0. The molecule has 2 aliphatic rings. The van der Waals surface area contributed by atoms with Gasteiger partial charge in [-0.1, -0.05) is 0 Å². The number of aliphatic imine (C=N–C) groups is 1. The number of nitrogens with zero attached hydrogens (tertiary/aromatic N) is 3. The van der Waals surface area contributed by atoms with Gasteiger partial charge in [0.25, 0.3) is 0 Å². The third-order valence-electron chi connectivity index (χ3n) is 6.30. The van der Waals surface area contributed by atoms with Gasteiger partial charge in [0.15, 0.2) is 17.5 Å². The number of rotatable bonds is 8. The lowest BCUT2D eigenvalue weighted by Crippen LogP contribution is -2.44. The fourth-order valence-electron chi connectivity index (χ4n) is 4.36. The lowest BCUT2D eigenvalue weighted by molar-refractivity contribution is 0.0625. The van der Waals surface area contributed by atoms with Crippen LogP contribution in [0, 0.1) is 5.92 Å². The number of hydrogen-bond donors (Lipinski definition) is 1. The molecular weight excluding hydrogens is 507 g/mol. The molecule has 0 saturated carbocycles. The summed E-state index contributed by atoms with van der Waals surface area (Å²) in [5.74, 6) is 3.39. The van der Waals surface area contributed by atoms with E-state index in [1.807, 2.05) is 7.05 Å². The number of nitrogens with one attached hydrogen (secondary N) is 1. The average molecular weight is 546 g/mol. The summed E-state index contributed by atoms with van der Waals surface area (Å²) in [6, 6.07) is 4.25. The normalized spacial score (nSPS) is 17.5. The van der Waals surface area contributed by atoms with E-state index < -0.39 is 0 Å².